The van der Waals surface area contributed by atoms with Crippen LogP contribution in [0, 0.1) is 0 Å². The molecule has 0 aliphatic carbocycles. The van der Waals surface area contributed by atoms with E-state index in [9.17, 15) is 9.59 Å². The van der Waals surface area contributed by atoms with Crippen molar-refractivity contribution in [2.45, 2.75) is 0 Å². The van der Waals surface area contributed by atoms with Crippen molar-refractivity contribution in [1.82, 2.24) is 9.97 Å². The third-order valence-electron chi connectivity index (χ3n) is 1.27. The Kier molecular flexibility index (Phi) is 2.48. The first-order valence-corrected chi connectivity index (χ1v) is 3.33. The van der Waals surface area contributed by atoms with E-state index in [0.29, 0.717) is 0 Å². The van der Waals surface area contributed by atoms with Gasteiger partial charge in [0.1, 0.15) is 0 Å². The molecule has 0 bridgehead atoms. The van der Waals surface area contributed by atoms with Crippen LogP contribution in [0.4, 0.5) is 10.6 Å². The Balaban J connectivity index is 2.89. The number of anilines is 1. The lowest BCUT2D eigenvalue weighted by atomic mass is 10.4. The molecule has 0 fully saturated rings. The Bertz CT molecular complexity index is 332. The van der Waals surface area contributed by atoms with Gasteiger partial charge in [0.15, 0.2) is 11.5 Å². The van der Waals surface area contributed by atoms with Gasteiger partial charge in [-0.15, -0.1) is 0 Å². The van der Waals surface area contributed by atoms with Crippen molar-refractivity contribution < 1.29 is 14.3 Å². The van der Waals surface area contributed by atoms with Crippen LogP contribution in [0.1, 0.15) is 10.5 Å². The molecule has 1 heterocycles. The number of hydrogen-bond acceptors (Lipinski definition) is 4. The molecule has 0 radical (unpaired) electrons. The summed E-state index contributed by atoms with van der Waals surface area (Å²) in [5, 5.41) is 2.16. The minimum atomic E-state index is -0.794. The zero-order valence-electron chi connectivity index (χ0n) is 6.83. The number of nitrogens with zero attached hydrogens (tertiary/aromatic N) is 1. The molecule has 70 valence electrons. The Morgan fingerprint density at radius 3 is 2.92 bits per heavy atom. The van der Waals surface area contributed by atoms with E-state index >= 15 is 0 Å². The van der Waals surface area contributed by atoms with Crippen LogP contribution >= 0.6 is 0 Å². The van der Waals surface area contributed by atoms with Gasteiger partial charge in [-0.2, -0.15) is 0 Å². The number of primary amides is 1. The maximum atomic E-state index is 11.0. The molecule has 13 heavy (non-hydrogen) atoms. The molecule has 1 aromatic rings. The first-order chi connectivity index (χ1) is 6.15. The molecule has 4 N–H and O–H groups in total. The second-order valence-electron chi connectivity index (χ2n) is 2.11. The summed E-state index contributed by atoms with van der Waals surface area (Å²) in [5.41, 5.74) is 4.89. The standard InChI is InChI=1S/C6H8N4O3/c1-13-5(11)3-4(9-2-8-3)10-6(7)12/h2H,1H3,(H,8,9)(H3,7,10,12). The third-order valence-corrected chi connectivity index (χ3v) is 1.27. The first kappa shape index (κ1) is 9.04. The first-order valence-electron chi connectivity index (χ1n) is 3.33. The molecule has 0 saturated heterocycles. The molecular weight excluding hydrogens is 176 g/mol. The number of urea groups is 1. The lowest BCUT2D eigenvalue weighted by Crippen LogP contribution is -2.21. The summed E-state index contributed by atoms with van der Waals surface area (Å²) in [6.07, 6.45) is 1.25. The number of aromatic nitrogens is 2. The largest absolute Gasteiger partial charge is 0.464 e. The van der Waals surface area contributed by atoms with Gasteiger partial charge in [-0.1, -0.05) is 0 Å². The van der Waals surface area contributed by atoms with Crippen LogP contribution in [0.5, 0.6) is 0 Å². The summed E-state index contributed by atoms with van der Waals surface area (Å²) in [5.74, 6) is -0.569. The number of rotatable bonds is 2. The minimum absolute atomic E-state index is 0.0550. The fraction of sp³-hybridized carbons (Fsp3) is 0.167. The van der Waals surface area contributed by atoms with Crippen molar-refractivity contribution in [3.05, 3.63) is 12.0 Å². The van der Waals surface area contributed by atoms with Gasteiger partial charge in [-0.25, -0.2) is 14.6 Å². The van der Waals surface area contributed by atoms with Crippen molar-refractivity contribution in [3.8, 4) is 0 Å². The second-order valence-corrected chi connectivity index (χ2v) is 2.11. The number of amides is 2. The fourth-order valence-corrected chi connectivity index (χ4v) is 0.763. The molecule has 0 unspecified atom stereocenters. The molecule has 1 rings (SSSR count). The molecule has 0 saturated carbocycles. The van der Waals surface area contributed by atoms with E-state index in [-0.39, 0.29) is 11.5 Å². The molecule has 1 aromatic heterocycles. The quantitative estimate of drug-likeness (QED) is 0.547. The molecule has 0 aliphatic rings. The van der Waals surface area contributed by atoms with Gasteiger partial charge in [0.2, 0.25) is 0 Å². The molecule has 7 nitrogen and oxygen atoms in total. The Morgan fingerprint density at radius 2 is 2.38 bits per heavy atom. The van der Waals surface area contributed by atoms with Gasteiger partial charge in [0.05, 0.1) is 13.4 Å². The molecular formula is C6H8N4O3. The van der Waals surface area contributed by atoms with Crippen molar-refractivity contribution in [1.29, 1.82) is 0 Å². The topological polar surface area (TPSA) is 110 Å². The lowest BCUT2D eigenvalue weighted by Gasteiger charge is -1.99. The summed E-state index contributed by atoms with van der Waals surface area (Å²) in [6.45, 7) is 0. The number of methoxy groups -OCH3 is 1. The smallest absolute Gasteiger partial charge is 0.358 e. The zero-order valence-corrected chi connectivity index (χ0v) is 6.83. The van der Waals surface area contributed by atoms with E-state index in [1.165, 1.54) is 13.4 Å². The van der Waals surface area contributed by atoms with Gasteiger partial charge >= 0.3 is 12.0 Å². The average Bonchev–Trinajstić information content (AvgIpc) is 2.50. The summed E-state index contributed by atoms with van der Waals surface area (Å²) in [4.78, 5) is 27.6. The Hall–Kier alpha value is -2.05. The Labute approximate surface area is 73.3 Å². The monoisotopic (exact) mass is 184 g/mol. The van der Waals surface area contributed by atoms with E-state index in [1.807, 2.05) is 0 Å². The Morgan fingerprint density at radius 1 is 1.69 bits per heavy atom. The number of ether oxygens (including phenoxy) is 1. The summed E-state index contributed by atoms with van der Waals surface area (Å²) in [6, 6.07) is -0.794. The highest BCUT2D eigenvalue weighted by atomic mass is 16.5. The van der Waals surface area contributed by atoms with Crippen LogP contribution in [-0.4, -0.2) is 29.1 Å². The van der Waals surface area contributed by atoms with Crippen molar-refractivity contribution in [2.24, 2.45) is 5.73 Å². The number of hydrogen-bond donors (Lipinski definition) is 3. The highest BCUT2D eigenvalue weighted by Crippen LogP contribution is 2.09. The fourth-order valence-electron chi connectivity index (χ4n) is 0.763. The zero-order chi connectivity index (χ0) is 9.84. The number of nitrogens with two attached hydrogens (primary N) is 1. The van der Waals surface area contributed by atoms with Crippen LogP contribution in [0.3, 0.4) is 0 Å². The number of H-pyrrole nitrogens is 1. The van der Waals surface area contributed by atoms with Crippen LogP contribution in [-0.2, 0) is 4.74 Å². The highest BCUT2D eigenvalue weighted by molar-refractivity contribution is 5.97. The molecule has 0 aliphatic heterocycles. The second kappa shape index (κ2) is 3.57. The van der Waals surface area contributed by atoms with Crippen molar-refractivity contribution >= 4 is 17.8 Å². The van der Waals surface area contributed by atoms with Crippen LogP contribution in [0.15, 0.2) is 6.33 Å². The van der Waals surface area contributed by atoms with Gasteiger partial charge < -0.3 is 15.5 Å². The van der Waals surface area contributed by atoms with E-state index < -0.39 is 12.0 Å². The molecule has 0 atom stereocenters. The van der Waals surface area contributed by atoms with Crippen molar-refractivity contribution in [2.75, 3.05) is 12.4 Å². The van der Waals surface area contributed by atoms with Gasteiger partial charge in [-0.3, -0.25) is 5.32 Å². The maximum absolute atomic E-state index is 11.0. The van der Waals surface area contributed by atoms with Crippen LogP contribution in [0.2, 0.25) is 0 Å². The predicted octanol–water partition coefficient (Wildman–Crippen LogP) is -0.313. The maximum Gasteiger partial charge on any atom is 0.358 e. The van der Waals surface area contributed by atoms with E-state index in [1.54, 1.807) is 0 Å². The van der Waals surface area contributed by atoms with Crippen molar-refractivity contribution in [3.63, 3.8) is 0 Å². The van der Waals surface area contributed by atoms with Crippen LogP contribution < -0.4 is 11.1 Å². The summed E-state index contributed by atoms with van der Waals surface area (Å²) in [7, 11) is 1.22. The number of esters is 1. The van der Waals surface area contributed by atoms with E-state index in [4.69, 9.17) is 5.73 Å². The SMILES string of the molecule is COC(=O)c1[nH]cnc1NC(N)=O. The minimum Gasteiger partial charge on any atom is -0.464 e. The molecule has 0 spiro atoms. The molecule has 2 amide bonds. The van der Waals surface area contributed by atoms with Crippen LogP contribution in [0.25, 0.3) is 0 Å². The number of carbonyl (C=O) groups excluding carboxylic acids is 2. The van der Waals surface area contributed by atoms with Gasteiger partial charge in [0.25, 0.3) is 0 Å². The number of imidazole rings is 1. The van der Waals surface area contributed by atoms with E-state index in [0.717, 1.165) is 0 Å². The highest BCUT2D eigenvalue weighted by Gasteiger charge is 2.15. The number of aromatic amines is 1. The average molecular weight is 184 g/mol. The summed E-state index contributed by atoms with van der Waals surface area (Å²) < 4.78 is 4.41. The molecule has 7 heteroatoms. The molecule has 0 aromatic carbocycles. The van der Waals surface area contributed by atoms with Gasteiger partial charge in [-0.05, 0) is 0 Å². The third kappa shape index (κ3) is 1.95. The number of carbonyl (C=O) groups is 2. The predicted molar refractivity (Wildman–Crippen MR) is 43.1 cm³/mol. The number of nitrogens with one attached hydrogen (secondary N) is 2. The lowest BCUT2D eigenvalue weighted by molar-refractivity contribution is 0.0596. The summed E-state index contributed by atoms with van der Waals surface area (Å²) >= 11 is 0. The van der Waals surface area contributed by atoms with E-state index in [2.05, 4.69) is 20.0 Å². The normalized spacial score (nSPS) is 9.31. The van der Waals surface area contributed by atoms with Gasteiger partial charge in [0, 0.05) is 0 Å².